The molecule has 3 heterocycles. The second kappa shape index (κ2) is 6.34. The first kappa shape index (κ1) is 14.8. The van der Waals surface area contributed by atoms with Gasteiger partial charge in [0.15, 0.2) is 0 Å². The molecular weight excluding hydrogens is 282 g/mol. The molecule has 0 spiro atoms. The third-order valence-electron chi connectivity index (χ3n) is 4.50. The summed E-state index contributed by atoms with van der Waals surface area (Å²) in [6, 6.07) is 3.57. The van der Waals surface area contributed by atoms with E-state index in [4.69, 9.17) is 5.11 Å². The Balaban J connectivity index is 1.79. The van der Waals surface area contributed by atoms with Crippen molar-refractivity contribution in [3.05, 3.63) is 23.9 Å². The van der Waals surface area contributed by atoms with Crippen LogP contribution >= 0.6 is 0 Å². The summed E-state index contributed by atoms with van der Waals surface area (Å²) in [4.78, 5) is 32.0. The van der Waals surface area contributed by atoms with Crippen LogP contribution < -0.4 is 4.90 Å². The molecule has 0 aliphatic carbocycles. The van der Waals surface area contributed by atoms with Crippen LogP contribution in [0, 0.1) is 5.92 Å². The van der Waals surface area contributed by atoms with Crippen molar-refractivity contribution in [3.63, 3.8) is 0 Å². The molecule has 0 bridgehead atoms. The molecule has 0 unspecified atom stereocenters. The van der Waals surface area contributed by atoms with E-state index in [1.165, 1.54) is 6.42 Å². The van der Waals surface area contributed by atoms with Gasteiger partial charge in [-0.2, -0.15) is 0 Å². The van der Waals surface area contributed by atoms with Crippen LogP contribution in [-0.2, 0) is 4.79 Å². The number of amides is 1. The van der Waals surface area contributed by atoms with Crippen LogP contribution in [0.5, 0.6) is 0 Å². The Labute approximate surface area is 129 Å². The van der Waals surface area contributed by atoms with Gasteiger partial charge in [0, 0.05) is 32.4 Å². The number of nitrogens with zero attached hydrogens (tertiary/aromatic N) is 3. The van der Waals surface area contributed by atoms with Crippen molar-refractivity contribution in [1.82, 2.24) is 9.88 Å². The monoisotopic (exact) mass is 303 g/mol. The van der Waals surface area contributed by atoms with Gasteiger partial charge in [-0.25, -0.2) is 4.98 Å². The molecule has 118 valence electrons. The fraction of sp³-hybridized carbons (Fsp3) is 0.562. The van der Waals surface area contributed by atoms with Crippen molar-refractivity contribution >= 4 is 17.7 Å². The van der Waals surface area contributed by atoms with E-state index in [2.05, 4.69) is 9.88 Å². The summed E-state index contributed by atoms with van der Waals surface area (Å²) in [5.74, 6) is -0.625. The molecule has 0 radical (unpaired) electrons. The van der Waals surface area contributed by atoms with Gasteiger partial charge in [0.2, 0.25) is 0 Å². The second-order valence-electron chi connectivity index (χ2n) is 6.00. The third-order valence-corrected chi connectivity index (χ3v) is 4.50. The van der Waals surface area contributed by atoms with Crippen molar-refractivity contribution in [1.29, 1.82) is 0 Å². The Hall–Kier alpha value is -2.11. The number of piperidine rings is 1. The summed E-state index contributed by atoms with van der Waals surface area (Å²) in [6.07, 6.45) is 5.70. The highest BCUT2D eigenvalue weighted by Crippen LogP contribution is 2.25. The Bertz CT molecular complexity index is 570. The number of hydrogen-bond donors (Lipinski definition) is 1. The molecule has 1 atom stereocenters. The van der Waals surface area contributed by atoms with Gasteiger partial charge in [0.05, 0.1) is 11.5 Å². The Morgan fingerprint density at radius 3 is 2.64 bits per heavy atom. The molecule has 1 amide bonds. The first-order valence-electron chi connectivity index (χ1n) is 7.89. The summed E-state index contributed by atoms with van der Waals surface area (Å²) in [5, 5.41) is 9.08. The van der Waals surface area contributed by atoms with Crippen LogP contribution in [0.1, 0.15) is 36.0 Å². The SMILES string of the molecule is O=C(O)[C@@H]1CCN(C(=O)c2cccnc2N2CCCCC2)C1. The van der Waals surface area contributed by atoms with E-state index < -0.39 is 11.9 Å². The summed E-state index contributed by atoms with van der Waals surface area (Å²) in [7, 11) is 0. The number of carbonyl (C=O) groups excluding carboxylic acids is 1. The summed E-state index contributed by atoms with van der Waals surface area (Å²) >= 11 is 0. The zero-order valence-corrected chi connectivity index (χ0v) is 12.6. The van der Waals surface area contributed by atoms with E-state index in [0.29, 0.717) is 25.1 Å². The fourth-order valence-corrected chi connectivity index (χ4v) is 3.24. The van der Waals surface area contributed by atoms with Crippen LogP contribution in [0.3, 0.4) is 0 Å². The van der Waals surface area contributed by atoms with Crippen molar-refractivity contribution in [2.24, 2.45) is 5.92 Å². The minimum Gasteiger partial charge on any atom is -0.481 e. The average molecular weight is 303 g/mol. The largest absolute Gasteiger partial charge is 0.481 e. The minimum absolute atomic E-state index is 0.0996. The molecule has 1 aromatic heterocycles. The summed E-state index contributed by atoms with van der Waals surface area (Å²) < 4.78 is 0. The number of carboxylic acids is 1. The number of carboxylic acid groups (broad SMARTS) is 1. The Morgan fingerprint density at radius 1 is 1.18 bits per heavy atom. The quantitative estimate of drug-likeness (QED) is 0.918. The first-order chi connectivity index (χ1) is 10.7. The first-order valence-corrected chi connectivity index (χ1v) is 7.89. The van der Waals surface area contributed by atoms with Crippen LogP contribution in [0.15, 0.2) is 18.3 Å². The minimum atomic E-state index is -0.822. The van der Waals surface area contributed by atoms with Gasteiger partial charge in [-0.15, -0.1) is 0 Å². The normalized spacial score (nSPS) is 21.9. The fourth-order valence-electron chi connectivity index (χ4n) is 3.24. The topological polar surface area (TPSA) is 73.7 Å². The molecule has 3 rings (SSSR count). The van der Waals surface area contributed by atoms with Crippen LogP contribution in [0.2, 0.25) is 0 Å². The smallest absolute Gasteiger partial charge is 0.308 e. The van der Waals surface area contributed by atoms with E-state index in [1.807, 2.05) is 0 Å². The third kappa shape index (κ3) is 2.91. The zero-order valence-electron chi connectivity index (χ0n) is 12.6. The van der Waals surface area contributed by atoms with Gasteiger partial charge in [0.25, 0.3) is 5.91 Å². The zero-order chi connectivity index (χ0) is 15.5. The number of anilines is 1. The van der Waals surface area contributed by atoms with Gasteiger partial charge in [-0.1, -0.05) is 0 Å². The van der Waals surface area contributed by atoms with Gasteiger partial charge in [-0.3, -0.25) is 9.59 Å². The number of carbonyl (C=O) groups is 2. The molecule has 1 aromatic rings. The number of hydrogen-bond acceptors (Lipinski definition) is 4. The lowest BCUT2D eigenvalue weighted by Crippen LogP contribution is -2.35. The molecule has 6 nitrogen and oxygen atoms in total. The molecule has 2 fully saturated rings. The summed E-state index contributed by atoms with van der Waals surface area (Å²) in [6.45, 7) is 2.65. The average Bonchev–Trinajstić information content (AvgIpc) is 3.05. The number of likely N-dealkylation sites (tertiary alicyclic amines) is 1. The number of aliphatic carboxylic acids is 1. The van der Waals surface area contributed by atoms with Gasteiger partial charge in [-0.05, 0) is 37.8 Å². The van der Waals surface area contributed by atoms with Crippen molar-refractivity contribution in [3.8, 4) is 0 Å². The predicted octanol–water partition coefficient (Wildman–Crippen LogP) is 1.62. The highest BCUT2D eigenvalue weighted by atomic mass is 16.4. The van der Waals surface area contributed by atoms with E-state index in [0.717, 1.165) is 31.7 Å². The Morgan fingerprint density at radius 2 is 1.95 bits per heavy atom. The lowest BCUT2D eigenvalue weighted by atomic mass is 10.1. The summed E-state index contributed by atoms with van der Waals surface area (Å²) in [5.41, 5.74) is 0.593. The van der Waals surface area contributed by atoms with Crippen LogP contribution in [0.4, 0.5) is 5.82 Å². The van der Waals surface area contributed by atoms with Crippen LogP contribution in [0.25, 0.3) is 0 Å². The molecule has 2 aliphatic heterocycles. The number of rotatable bonds is 3. The predicted molar refractivity (Wildman–Crippen MR) is 81.9 cm³/mol. The second-order valence-corrected chi connectivity index (χ2v) is 6.00. The maximum Gasteiger partial charge on any atom is 0.308 e. The lowest BCUT2D eigenvalue weighted by molar-refractivity contribution is -0.141. The van der Waals surface area contributed by atoms with E-state index >= 15 is 0 Å². The highest BCUT2D eigenvalue weighted by molar-refractivity contribution is 5.99. The van der Waals surface area contributed by atoms with E-state index in [9.17, 15) is 9.59 Å². The number of aromatic nitrogens is 1. The highest BCUT2D eigenvalue weighted by Gasteiger charge is 2.32. The van der Waals surface area contributed by atoms with Crippen molar-refractivity contribution in [2.45, 2.75) is 25.7 Å². The maximum atomic E-state index is 12.7. The standard InChI is InChI=1S/C16H21N3O3/c20-15(19-10-6-12(11-19)16(21)22)13-5-4-7-17-14(13)18-8-2-1-3-9-18/h4-5,7,12H,1-3,6,8-11H2,(H,21,22)/t12-/m1/s1. The van der Waals surface area contributed by atoms with E-state index in [-0.39, 0.29) is 5.91 Å². The molecule has 6 heteroatoms. The molecule has 2 saturated heterocycles. The molecule has 2 aliphatic rings. The van der Waals surface area contributed by atoms with Gasteiger partial charge < -0.3 is 14.9 Å². The molecular formula is C16H21N3O3. The maximum absolute atomic E-state index is 12.7. The van der Waals surface area contributed by atoms with Gasteiger partial charge in [0.1, 0.15) is 5.82 Å². The molecule has 0 saturated carbocycles. The van der Waals surface area contributed by atoms with Gasteiger partial charge >= 0.3 is 5.97 Å². The Kier molecular flexibility index (Phi) is 4.27. The molecule has 1 N–H and O–H groups in total. The van der Waals surface area contributed by atoms with E-state index in [1.54, 1.807) is 23.2 Å². The van der Waals surface area contributed by atoms with Crippen molar-refractivity contribution in [2.75, 3.05) is 31.1 Å². The lowest BCUT2D eigenvalue weighted by Gasteiger charge is -2.29. The van der Waals surface area contributed by atoms with Crippen LogP contribution in [-0.4, -0.2) is 53.0 Å². The molecule has 0 aromatic carbocycles. The van der Waals surface area contributed by atoms with Crippen molar-refractivity contribution < 1.29 is 14.7 Å². The molecule has 22 heavy (non-hydrogen) atoms. The number of pyridine rings is 1.